The number of ketones is 1. The van der Waals surface area contributed by atoms with Gasteiger partial charge < -0.3 is 5.32 Å². The first-order valence-corrected chi connectivity index (χ1v) is 8.81. The highest BCUT2D eigenvalue weighted by Crippen LogP contribution is 2.28. The van der Waals surface area contributed by atoms with Crippen LogP contribution >= 0.6 is 0 Å². The third-order valence-electron chi connectivity index (χ3n) is 4.14. The molecular weight excluding hydrogens is 406 g/mol. The van der Waals surface area contributed by atoms with Crippen LogP contribution in [-0.4, -0.2) is 21.7 Å². The third kappa shape index (κ3) is 5.17. The second-order valence-corrected chi connectivity index (χ2v) is 6.19. The number of hydrazine groups is 1. The zero-order chi connectivity index (χ0) is 22.4. The number of carbonyl (C=O) groups is 2. The average molecular weight is 421 g/mol. The number of non-ortho nitro benzene ring substituents is 1. The van der Waals surface area contributed by atoms with Crippen LogP contribution in [0.2, 0.25) is 0 Å². The fourth-order valence-corrected chi connectivity index (χ4v) is 2.64. The number of nitrogens with one attached hydrogen (secondary N) is 3. The first-order chi connectivity index (χ1) is 14.8. The maximum absolute atomic E-state index is 12.4. The van der Waals surface area contributed by atoms with E-state index in [2.05, 4.69) is 16.2 Å². The normalized spacial score (nSPS) is 10.1. The van der Waals surface area contributed by atoms with E-state index in [4.69, 9.17) is 0 Å². The van der Waals surface area contributed by atoms with Gasteiger partial charge in [0.05, 0.1) is 15.9 Å². The second-order valence-electron chi connectivity index (χ2n) is 6.19. The monoisotopic (exact) mass is 421 g/mol. The Bertz CT molecular complexity index is 1150. The molecule has 0 spiro atoms. The molecule has 0 fully saturated rings. The zero-order valence-corrected chi connectivity index (χ0v) is 15.8. The number of urea groups is 1. The Morgan fingerprint density at radius 2 is 1.42 bits per heavy atom. The smallest absolute Gasteiger partial charge is 0.307 e. The molecule has 156 valence electrons. The van der Waals surface area contributed by atoms with Gasteiger partial charge in [-0.05, 0) is 30.3 Å². The summed E-state index contributed by atoms with van der Waals surface area (Å²) in [5.74, 6) is -0.163. The van der Waals surface area contributed by atoms with E-state index in [0.29, 0.717) is 16.8 Å². The first-order valence-electron chi connectivity index (χ1n) is 8.81. The van der Waals surface area contributed by atoms with Crippen LogP contribution < -0.4 is 16.2 Å². The van der Waals surface area contributed by atoms with Gasteiger partial charge in [-0.2, -0.15) is 0 Å². The Kier molecular flexibility index (Phi) is 6.16. The van der Waals surface area contributed by atoms with Crippen LogP contribution in [0, 0.1) is 20.2 Å². The van der Waals surface area contributed by atoms with Gasteiger partial charge in [0.2, 0.25) is 0 Å². The summed E-state index contributed by atoms with van der Waals surface area (Å²) in [5, 5.41) is 24.4. The minimum Gasteiger partial charge on any atom is -0.307 e. The minimum absolute atomic E-state index is 0.130. The molecule has 3 N–H and O–H groups in total. The predicted octanol–water partition coefficient (Wildman–Crippen LogP) is 3.88. The number of nitrogens with zero attached hydrogens (tertiary/aromatic N) is 2. The molecule has 0 bridgehead atoms. The number of nitro groups is 2. The molecule has 31 heavy (non-hydrogen) atoms. The minimum atomic E-state index is -0.808. The number of amides is 2. The largest absolute Gasteiger partial charge is 0.337 e. The van der Waals surface area contributed by atoms with Gasteiger partial charge in [0, 0.05) is 22.9 Å². The van der Waals surface area contributed by atoms with E-state index in [1.807, 2.05) is 6.07 Å². The summed E-state index contributed by atoms with van der Waals surface area (Å²) < 4.78 is 0. The maximum Gasteiger partial charge on any atom is 0.337 e. The lowest BCUT2D eigenvalue weighted by Gasteiger charge is -2.10. The summed E-state index contributed by atoms with van der Waals surface area (Å²) in [6.45, 7) is 0. The summed E-state index contributed by atoms with van der Waals surface area (Å²) in [7, 11) is 0. The van der Waals surface area contributed by atoms with Crippen molar-refractivity contribution in [2.45, 2.75) is 0 Å². The van der Waals surface area contributed by atoms with Crippen LogP contribution in [0.3, 0.4) is 0 Å². The Hall–Kier alpha value is -4.80. The predicted molar refractivity (Wildman–Crippen MR) is 112 cm³/mol. The number of hydrogen-bond acceptors (Lipinski definition) is 7. The van der Waals surface area contributed by atoms with Crippen molar-refractivity contribution in [3.8, 4) is 0 Å². The molecule has 0 aliphatic heterocycles. The molecule has 11 heteroatoms. The molecule has 3 rings (SSSR count). The molecule has 0 radical (unpaired) electrons. The van der Waals surface area contributed by atoms with Gasteiger partial charge in [0.25, 0.3) is 5.69 Å². The number of anilines is 2. The van der Waals surface area contributed by atoms with Crippen molar-refractivity contribution in [2.24, 2.45) is 0 Å². The fraction of sp³-hybridized carbons (Fsp3) is 0. The lowest BCUT2D eigenvalue weighted by atomic mass is 10.0. The highest BCUT2D eigenvalue weighted by Gasteiger charge is 2.19. The van der Waals surface area contributed by atoms with Gasteiger partial charge in [-0.25, -0.2) is 4.79 Å². The Morgan fingerprint density at radius 3 is 2.03 bits per heavy atom. The Labute approximate surface area is 175 Å². The highest BCUT2D eigenvalue weighted by atomic mass is 16.6. The molecule has 0 aliphatic carbocycles. The molecule has 0 heterocycles. The number of carbonyl (C=O) groups excluding carboxylic acids is 2. The van der Waals surface area contributed by atoms with Crippen molar-refractivity contribution in [3.63, 3.8) is 0 Å². The summed E-state index contributed by atoms with van der Waals surface area (Å²) in [5.41, 5.74) is 4.77. The van der Waals surface area contributed by atoms with Gasteiger partial charge in [-0.15, -0.1) is 0 Å². The van der Waals surface area contributed by atoms with Gasteiger partial charge >= 0.3 is 11.7 Å². The molecule has 0 aliphatic rings. The highest BCUT2D eigenvalue weighted by molar-refractivity contribution is 6.09. The van der Waals surface area contributed by atoms with E-state index < -0.39 is 27.3 Å². The third-order valence-corrected chi connectivity index (χ3v) is 4.14. The van der Waals surface area contributed by atoms with Crippen molar-refractivity contribution in [1.82, 2.24) is 5.43 Å². The number of benzene rings is 3. The van der Waals surface area contributed by atoms with Crippen molar-refractivity contribution in [2.75, 3.05) is 10.7 Å². The Balaban J connectivity index is 1.62. The summed E-state index contributed by atoms with van der Waals surface area (Å²) in [6, 6.07) is 17.1. The molecule has 3 aromatic rings. The van der Waals surface area contributed by atoms with Gasteiger partial charge in [-0.3, -0.25) is 35.9 Å². The second kappa shape index (κ2) is 9.13. The van der Waals surface area contributed by atoms with Crippen molar-refractivity contribution < 1.29 is 19.4 Å². The van der Waals surface area contributed by atoms with E-state index >= 15 is 0 Å². The first kappa shape index (κ1) is 20.9. The fourth-order valence-electron chi connectivity index (χ4n) is 2.64. The van der Waals surface area contributed by atoms with Gasteiger partial charge in [0.1, 0.15) is 5.69 Å². The Morgan fingerprint density at radius 1 is 0.774 bits per heavy atom. The number of nitro benzene ring substituents is 2. The molecule has 0 unspecified atom stereocenters. The molecule has 0 saturated carbocycles. The van der Waals surface area contributed by atoms with Crippen LogP contribution in [0.1, 0.15) is 15.9 Å². The summed E-state index contributed by atoms with van der Waals surface area (Å²) in [6.07, 6.45) is 0. The lowest BCUT2D eigenvalue weighted by Crippen LogP contribution is -2.33. The van der Waals surface area contributed by atoms with E-state index in [-0.39, 0.29) is 11.5 Å². The van der Waals surface area contributed by atoms with Crippen molar-refractivity contribution in [1.29, 1.82) is 0 Å². The molecule has 3 aromatic carbocycles. The zero-order valence-electron chi connectivity index (χ0n) is 15.8. The topological polar surface area (TPSA) is 157 Å². The van der Waals surface area contributed by atoms with Crippen LogP contribution in [0.5, 0.6) is 0 Å². The molecular formula is C20H15N5O6. The average Bonchev–Trinajstić information content (AvgIpc) is 2.78. The number of hydrogen-bond donors (Lipinski definition) is 3. The van der Waals surface area contributed by atoms with Gasteiger partial charge in [-0.1, -0.05) is 30.3 Å². The molecule has 0 atom stereocenters. The summed E-state index contributed by atoms with van der Waals surface area (Å²) in [4.78, 5) is 44.7. The van der Waals surface area contributed by atoms with Crippen LogP contribution in [0.15, 0.2) is 72.8 Å². The molecule has 11 nitrogen and oxygen atoms in total. The van der Waals surface area contributed by atoms with Gasteiger partial charge in [0.15, 0.2) is 5.78 Å². The van der Waals surface area contributed by atoms with Crippen LogP contribution in [0.4, 0.5) is 27.5 Å². The molecule has 0 aromatic heterocycles. The molecule has 0 saturated heterocycles. The standard InChI is InChI=1S/C20H15N5O6/c26-19(13-4-2-1-3-5-13)14-6-8-15(9-7-14)21-20(27)23-22-17-11-10-16(24(28)29)12-18(17)25(30)31/h1-12,22H,(H2,21,23,27). The van der Waals surface area contributed by atoms with E-state index in [1.54, 1.807) is 36.4 Å². The van der Waals surface area contributed by atoms with E-state index in [9.17, 15) is 29.8 Å². The van der Waals surface area contributed by atoms with Crippen LogP contribution in [0.25, 0.3) is 0 Å². The van der Waals surface area contributed by atoms with Crippen LogP contribution in [-0.2, 0) is 0 Å². The SMILES string of the molecule is O=C(NNc1ccc([N+](=O)[O-])cc1[N+](=O)[O-])Nc1ccc(C(=O)c2ccccc2)cc1. The maximum atomic E-state index is 12.4. The van der Waals surface area contributed by atoms with Crippen molar-refractivity contribution in [3.05, 3.63) is 104 Å². The quantitative estimate of drug-likeness (QED) is 0.297. The molecule has 2 amide bonds. The lowest BCUT2D eigenvalue weighted by molar-refractivity contribution is -0.393. The number of rotatable bonds is 7. The van der Waals surface area contributed by atoms with Crippen molar-refractivity contribution >= 4 is 34.6 Å². The summed E-state index contributed by atoms with van der Waals surface area (Å²) >= 11 is 0. The van der Waals surface area contributed by atoms with E-state index in [0.717, 1.165) is 18.2 Å². The van der Waals surface area contributed by atoms with E-state index in [1.165, 1.54) is 12.1 Å².